The molecule has 7 atom stereocenters. The van der Waals surface area contributed by atoms with E-state index in [0.29, 0.717) is 42.8 Å². The number of carbonyl (C=O) groups is 3. The number of thiazole rings is 1. The number of fused-ring (bicyclic) bond motifs is 9. The molecule has 2 saturated heterocycles. The van der Waals surface area contributed by atoms with E-state index in [4.69, 9.17) is 21.1 Å². The van der Waals surface area contributed by atoms with Crippen LogP contribution < -0.4 is 14.5 Å². The first-order chi connectivity index (χ1) is 21.3. The number of carbonyl (C=O) groups excluding carboxylic acids is 3. The van der Waals surface area contributed by atoms with Crippen molar-refractivity contribution in [1.82, 2.24) is 9.88 Å². The van der Waals surface area contributed by atoms with E-state index < -0.39 is 11.8 Å². The van der Waals surface area contributed by atoms with Crippen LogP contribution in [-0.4, -0.2) is 65.8 Å². The minimum Gasteiger partial charge on any atom is -0.483 e. The topological polar surface area (TPSA) is 109 Å². The molecule has 44 heavy (non-hydrogen) atoms. The Morgan fingerprint density at radius 1 is 1.05 bits per heavy atom. The van der Waals surface area contributed by atoms with Crippen molar-refractivity contribution in [1.29, 1.82) is 0 Å². The second-order valence-corrected chi connectivity index (χ2v) is 15.5. The number of halogens is 2. The van der Waals surface area contributed by atoms with Gasteiger partial charge in [0.2, 0.25) is 11.8 Å². The Balaban J connectivity index is 1.16. The predicted molar refractivity (Wildman–Crippen MR) is 169 cm³/mol. The number of thioether (sulfide) groups is 1. The van der Waals surface area contributed by atoms with E-state index in [9.17, 15) is 19.2 Å². The van der Waals surface area contributed by atoms with Crippen molar-refractivity contribution in [3.63, 3.8) is 0 Å². The first kappa shape index (κ1) is 28.8. The summed E-state index contributed by atoms with van der Waals surface area (Å²) in [5.41, 5.74) is 1.41. The summed E-state index contributed by atoms with van der Waals surface area (Å²) in [6, 6.07) is 12.6. The van der Waals surface area contributed by atoms with Crippen molar-refractivity contribution in [2.75, 3.05) is 37.8 Å². The third-order valence-corrected chi connectivity index (χ3v) is 13.2. The third-order valence-electron chi connectivity index (χ3n) is 9.83. The lowest BCUT2D eigenvalue weighted by Gasteiger charge is -2.43. The van der Waals surface area contributed by atoms with Gasteiger partial charge in [-0.3, -0.25) is 24.1 Å². The number of aromatic nitrogens is 1. The van der Waals surface area contributed by atoms with Gasteiger partial charge >= 0.3 is 4.87 Å². The molecule has 5 aliphatic rings. The van der Waals surface area contributed by atoms with Crippen molar-refractivity contribution in [3.05, 3.63) is 72.1 Å². The zero-order chi connectivity index (χ0) is 30.3. The number of morpholine rings is 1. The molecule has 1 aromatic heterocycles. The fourth-order valence-corrected chi connectivity index (χ4v) is 11.5. The van der Waals surface area contributed by atoms with Gasteiger partial charge in [-0.2, -0.15) is 0 Å². The Morgan fingerprint density at radius 2 is 1.77 bits per heavy atom. The molecule has 0 spiro atoms. The van der Waals surface area contributed by atoms with Gasteiger partial charge in [0.15, 0.2) is 6.61 Å². The number of hydrogen-bond acceptors (Lipinski definition) is 8. The Bertz CT molecular complexity index is 1740. The highest BCUT2D eigenvalue weighted by Gasteiger charge is 2.69. The van der Waals surface area contributed by atoms with Crippen LogP contribution in [0.3, 0.4) is 0 Å². The summed E-state index contributed by atoms with van der Waals surface area (Å²) in [5.74, 6) is -0.957. The largest absolute Gasteiger partial charge is 0.483 e. The summed E-state index contributed by atoms with van der Waals surface area (Å²) >= 11 is 12.6. The van der Waals surface area contributed by atoms with Gasteiger partial charge in [0.1, 0.15) is 5.75 Å². The van der Waals surface area contributed by atoms with Crippen molar-refractivity contribution in [2.24, 2.45) is 29.6 Å². The van der Waals surface area contributed by atoms with Gasteiger partial charge in [-0.15, -0.1) is 11.8 Å². The van der Waals surface area contributed by atoms with Gasteiger partial charge in [0.25, 0.3) is 5.91 Å². The Labute approximate surface area is 274 Å². The van der Waals surface area contributed by atoms with E-state index in [2.05, 4.69) is 20.9 Å². The number of benzene rings is 2. The molecule has 9 nitrogen and oxygen atoms in total. The predicted octanol–water partition coefficient (Wildman–Crippen LogP) is 4.77. The minimum atomic E-state index is -0.427. The number of H-pyrrole nitrogens is 1. The van der Waals surface area contributed by atoms with Gasteiger partial charge in [0, 0.05) is 44.2 Å². The molecule has 4 fully saturated rings. The zero-order valence-corrected chi connectivity index (χ0v) is 27.2. The summed E-state index contributed by atoms with van der Waals surface area (Å²) in [6.45, 7) is 1.97. The van der Waals surface area contributed by atoms with E-state index in [1.54, 1.807) is 40.9 Å². The molecule has 0 unspecified atom stereocenters. The summed E-state index contributed by atoms with van der Waals surface area (Å²) in [7, 11) is 0. The number of rotatable bonds is 5. The smallest absolute Gasteiger partial charge is 0.305 e. The molecule has 228 valence electrons. The highest BCUT2D eigenvalue weighted by atomic mass is 79.9. The number of imide groups is 1. The van der Waals surface area contributed by atoms with Gasteiger partial charge in [0.05, 0.1) is 35.8 Å². The normalized spacial score (nSPS) is 30.4. The maximum absolute atomic E-state index is 14.0. The molecule has 2 saturated carbocycles. The molecule has 8 rings (SSSR count). The number of aromatic amines is 1. The van der Waals surface area contributed by atoms with E-state index in [0.717, 1.165) is 26.4 Å². The quantitative estimate of drug-likeness (QED) is 0.379. The summed E-state index contributed by atoms with van der Waals surface area (Å²) in [4.78, 5) is 60.5. The Morgan fingerprint density at radius 3 is 2.52 bits per heavy atom. The molecule has 2 bridgehead atoms. The van der Waals surface area contributed by atoms with Crippen molar-refractivity contribution in [2.45, 2.75) is 22.6 Å². The number of hydrogen-bond donors (Lipinski definition) is 1. The molecule has 3 aliphatic heterocycles. The third kappa shape index (κ3) is 4.51. The first-order valence-electron chi connectivity index (χ1n) is 14.6. The summed E-state index contributed by atoms with van der Waals surface area (Å²) < 4.78 is 12.5. The van der Waals surface area contributed by atoms with E-state index in [1.165, 1.54) is 16.2 Å². The lowest BCUT2D eigenvalue weighted by Crippen LogP contribution is -2.43. The number of nitrogens with one attached hydrogen (secondary N) is 1. The SMILES string of the molecule is O=C(COc1ccc(Br)cc1[C@@H]1c2sc(=O)[nH]c2S[C@@H]2[C@@H]3C[C@@H]([C@@H]4C(=O)N(c5ccc(Cl)cc5)C(=O)[C@@H]34)[C@H]12)N1CCOCC1. The molecule has 3 aromatic rings. The monoisotopic (exact) mass is 715 g/mol. The van der Waals surface area contributed by atoms with Crippen molar-refractivity contribution >= 4 is 74.0 Å². The van der Waals surface area contributed by atoms with E-state index in [1.807, 2.05) is 18.2 Å². The highest BCUT2D eigenvalue weighted by molar-refractivity contribution is 9.10. The van der Waals surface area contributed by atoms with Gasteiger partial charge in [-0.25, -0.2) is 0 Å². The van der Waals surface area contributed by atoms with Crippen LogP contribution in [0.25, 0.3) is 0 Å². The fourth-order valence-electron chi connectivity index (χ4n) is 8.15. The second kappa shape index (κ2) is 11.0. The minimum absolute atomic E-state index is 0.00119. The molecule has 1 N–H and O–H groups in total. The molecule has 0 radical (unpaired) electrons. The standard InChI is InChI=1S/C31H27BrClN3O6S2/c32-14-1-6-20(42-13-21(37)35-7-9-41-10-8-35)17(11-14)22-23-18-12-19(26(23)43-28-27(22)44-31(40)34-28)25-24(18)29(38)36(30(25)39)16-4-2-15(33)3-5-16/h1-6,11,18-19,22-26H,7-10,12-13H2,(H,34,40)/t18-,19-,22+,23-,24+,25+,26-/m1/s1. The summed E-state index contributed by atoms with van der Waals surface area (Å²) in [5, 5.41) is 1.39. The lowest BCUT2D eigenvalue weighted by molar-refractivity contribution is -0.137. The first-order valence-corrected chi connectivity index (χ1v) is 17.5. The maximum atomic E-state index is 14.0. The summed E-state index contributed by atoms with van der Waals surface area (Å²) in [6.07, 6.45) is 0.777. The molecule has 3 amide bonds. The van der Waals surface area contributed by atoms with Gasteiger partial charge in [-0.05, 0) is 66.6 Å². The van der Waals surface area contributed by atoms with Crippen LogP contribution in [0.2, 0.25) is 5.02 Å². The fraction of sp³-hybridized carbons (Fsp3) is 0.419. The molecule has 2 aromatic carbocycles. The van der Waals surface area contributed by atoms with E-state index in [-0.39, 0.29) is 58.1 Å². The van der Waals surface area contributed by atoms with Crippen LogP contribution >= 0.6 is 50.6 Å². The van der Waals surface area contributed by atoms with E-state index >= 15 is 0 Å². The Hall–Kier alpha value is -2.64. The molecule has 4 heterocycles. The zero-order valence-electron chi connectivity index (χ0n) is 23.2. The van der Waals surface area contributed by atoms with Crippen LogP contribution in [0.4, 0.5) is 5.69 Å². The van der Waals surface area contributed by atoms with Gasteiger partial charge in [-0.1, -0.05) is 38.9 Å². The van der Waals surface area contributed by atoms with Crippen LogP contribution in [-0.2, 0) is 19.1 Å². The van der Waals surface area contributed by atoms with Gasteiger partial charge < -0.3 is 19.4 Å². The average Bonchev–Trinajstić information content (AvgIpc) is 3.76. The van der Waals surface area contributed by atoms with Crippen LogP contribution in [0.15, 0.2) is 56.8 Å². The Kier molecular flexibility index (Phi) is 7.21. The maximum Gasteiger partial charge on any atom is 0.305 e. The number of nitrogens with zero attached hydrogens (tertiary/aromatic N) is 2. The molecular formula is C31H27BrClN3O6S2. The molecule has 2 aliphatic carbocycles. The number of anilines is 1. The van der Waals surface area contributed by atoms with Crippen LogP contribution in [0.1, 0.15) is 22.8 Å². The second-order valence-electron chi connectivity index (χ2n) is 11.9. The van der Waals surface area contributed by atoms with Crippen LogP contribution in [0, 0.1) is 29.6 Å². The average molecular weight is 717 g/mol. The van der Waals surface area contributed by atoms with Crippen molar-refractivity contribution < 1.29 is 23.9 Å². The van der Waals surface area contributed by atoms with Crippen molar-refractivity contribution in [3.8, 4) is 5.75 Å². The molecule has 13 heteroatoms. The number of amides is 3. The molecular weight excluding hydrogens is 690 g/mol. The lowest BCUT2D eigenvalue weighted by atomic mass is 9.68. The number of ether oxygens (including phenoxy) is 2. The highest BCUT2D eigenvalue weighted by Crippen LogP contribution is 2.69. The van der Waals surface area contributed by atoms with Crippen LogP contribution in [0.5, 0.6) is 5.75 Å².